The van der Waals surface area contributed by atoms with Crippen molar-refractivity contribution in [2.75, 3.05) is 6.61 Å². The second kappa shape index (κ2) is 10.1. The Bertz CT molecular complexity index is 575. The Morgan fingerprint density at radius 1 is 1.08 bits per heavy atom. The molecule has 0 N–H and O–H groups in total. The third-order valence-electron chi connectivity index (χ3n) is 4.93. The van der Waals surface area contributed by atoms with Gasteiger partial charge < -0.3 is 9.16 Å². The Morgan fingerprint density at radius 3 is 2.23 bits per heavy atom. The zero-order valence-electron chi connectivity index (χ0n) is 17.1. The van der Waals surface area contributed by atoms with Crippen LogP contribution in [0.15, 0.2) is 30.3 Å². The number of carbonyl (C=O) groups is 2. The minimum atomic E-state index is -2.03. The lowest BCUT2D eigenvalue weighted by Crippen LogP contribution is -2.45. The van der Waals surface area contributed by atoms with E-state index in [4.69, 9.17) is 9.16 Å². The first kappa shape index (κ1) is 22.7. The van der Waals surface area contributed by atoms with Gasteiger partial charge in [-0.2, -0.15) is 0 Å². The smallest absolute Gasteiger partial charge is 0.192 e. The van der Waals surface area contributed by atoms with Gasteiger partial charge in [0.25, 0.3) is 0 Å². The van der Waals surface area contributed by atoms with E-state index >= 15 is 0 Å². The fourth-order valence-electron chi connectivity index (χ4n) is 2.28. The maximum atomic E-state index is 12.3. The predicted octanol–water partition coefficient (Wildman–Crippen LogP) is 4.92. The summed E-state index contributed by atoms with van der Waals surface area (Å²) >= 11 is 0. The molecule has 0 saturated heterocycles. The van der Waals surface area contributed by atoms with Crippen molar-refractivity contribution in [3.63, 3.8) is 0 Å². The fraction of sp³-hybridized carbons (Fsp3) is 0.619. The first-order chi connectivity index (χ1) is 12.0. The molecule has 0 amide bonds. The van der Waals surface area contributed by atoms with E-state index in [9.17, 15) is 9.59 Å². The summed E-state index contributed by atoms with van der Waals surface area (Å²) in [5.74, 6) is -0.0878. The summed E-state index contributed by atoms with van der Waals surface area (Å²) in [4.78, 5) is 23.8. The Morgan fingerprint density at radius 2 is 1.69 bits per heavy atom. The van der Waals surface area contributed by atoms with Crippen LogP contribution in [-0.4, -0.2) is 32.6 Å². The lowest BCUT2D eigenvalue weighted by atomic mass is 10.1. The monoisotopic (exact) mass is 378 g/mol. The van der Waals surface area contributed by atoms with Gasteiger partial charge >= 0.3 is 0 Å². The SMILES string of the molecule is CCC(=O)CC(=O)C[C@@H](COCc1ccccc1)O[Si](C)(C)C(C)(C)C. The van der Waals surface area contributed by atoms with Crippen LogP contribution in [0.25, 0.3) is 0 Å². The molecule has 0 bridgehead atoms. The first-order valence-corrected chi connectivity index (χ1v) is 12.3. The number of carbonyl (C=O) groups excluding carboxylic acids is 2. The third kappa shape index (κ3) is 7.93. The van der Waals surface area contributed by atoms with Crippen molar-refractivity contribution in [1.82, 2.24) is 0 Å². The molecule has 5 heteroatoms. The number of ether oxygens (including phenoxy) is 1. The largest absolute Gasteiger partial charge is 0.411 e. The Kier molecular flexibility index (Phi) is 8.87. The maximum Gasteiger partial charge on any atom is 0.192 e. The van der Waals surface area contributed by atoms with Crippen LogP contribution in [0.2, 0.25) is 18.1 Å². The predicted molar refractivity (Wildman–Crippen MR) is 108 cm³/mol. The number of benzene rings is 1. The molecule has 1 aromatic carbocycles. The molecule has 0 saturated carbocycles. The quantitative estimate of drug-likeness (QED) is 0.405. The second-order valence-electron chi connectivity index (χ2n) is 8.31. The van der Waals surface area contributed by atoms with Gasteiger partial charge in [0.1, 0.15) is 11.6 Å². The van der Waals surface area contributed by atoms with Crippen LogP contribution in [-0.2, 0) is 25.4 Å². The van der Waals surface area contributed by atoms with E-state index in [1.165, 1.54) is 0 Å². The van der Waals surface area contributed by atoms with Gasteiger partial charge in [0, 0.05) is 12.8 Å². The number of Topliss-reactive ketones (excluding diaryl/α,β-unsaturated/α-hetero) is 2. The Labute approximate surface area is 159 Å². The van der Waals surface area contributed by atoms with Gasteiger partial charge in [-0.1, -0.05) is 58.0 Å². The minimum absolute atomic E-state index is 0.00739. The molecule has 0 fully saturated rings. The highest BCUT2D eigenvalue weighted by Crippen LogP contribution is 2.37. The van der Waals surface area contributed by atoms with Crippen molar-refractivity contribution in [1.29, 1.82) is 0 Å². The van der Waals surface area contributed by atoms with Crippen molar-refractivity contribution in [3.05, 3.63) is 35.9 Å². The summed E-state index contributed by atoms with van der Waals surface area (Å²) in [6.07, 6.45) is 0.306. The van der Waals surface area contributed by atoms with Crippen molar-refractivity contribution >= 4 is 19.9 Å². The summed E-state index contributed by atoms with van der Waals surface area (Å²) in [5, 5.41) is 0.0486. The lowest BCUT2D eigenvalue weighted by molar-refractivity contribution is -0.128. The fourth-order valence-corrected chi connectivity index (χ4v) is 3.62. The van der Waals surface area contributed by atoms with Gasteiger partial charge in [0.15, 0.2) is 8.32 Å². The highest BCUT2D eigenvalue weighted by molar-refractivity contribution is 6.74. The molecule has 1 atom stereocenters. The zero-order chi connectivity index (χ0) is 19.8. The van der Waals surface area contributed by atoms with E-state index in [1.54, 1.807) is 6.92 Å². The Hall–Kier alpha value is -1.30. The van der Waals surface area contributed by atoms with Crippen LogP contribution >= 0.6 is 0 Å². The summed E-state index contributed by atoms with van der Waals surface area (Å²) in [7, 11) is -2.03. The number of rotatable bonds is 11. The third-order valence-corrected chi connectivity index (χ3v) is 9.46. The summed E-state index contributed by atoms with van der Waals surface area (Å²) in [5.41, 5.74) is 1.09. The highest BCUT2D eigenvalue weighted by Gasteiger charge is 2.39. The van der Waals surface area contributed by atoms with Crippen molar-refractivity contribution in [3.8, 4) is 0 Å². The van der Waals surface area contributed by atoms with E-state index in [1.807, 2.05) is 30.3 Å². The summed E-state index contributed by atoms with van der Waals surface area (Å²) < 4.78 is 12.2. The standard InChI is InChI=1S/C21H34O4Si/c1-7-18(22)13-19(23)14-20(25-26(5,6)21(2,3)4)16-24-15-17-11-9-8-10-12-17/h8-12,20H,7,13-16H2,1-6H3/t20-/m0/s1. The number of hydrogen-bond donors (Lipinski definition) is 0. The van der Waals surface area contributed by atoms with Crippen LogP contribution in [0.1, 0.15) is 52.5 Å². The van der Waals surface area contributed by atoms with Gasteiger partial charge in [0.05, 0.1) is 25.7 Å². The van der Waals surface area contributed by atoms with Gasteiger partial charge in [-0.05, 0) is 23.7 Å². The maximum absolute atomic E-state index is 12.3. The molecular weight excluding hydrogens is 344 g/mol. The Balaban J connectivity index is 2.70. The molecule has 146 valence electrons. The minimum Gasteiger partial charge on any atom is -0.411 e. The van der Waals surface area contributed by atoms with Crippen LogP contribution in [0, 0.1) is 0 Å². The van der Waals surface area contributed by atoms with Crippen LogP contribution < -0.4 is 0 Å². The topological polar surface area (TPSA) is 52.6 Å². The van der Waals surface area contributed by atoms with Crippen molar-refractivity contribution < 1.29 is 18.8 Å². The lowest BCUT2D eigenvalue weighted by Gasteiger charge is -2.39. The van der Waals surface area contributed by atoms with Gasteiger partial charge in [-0.25, -0.2) is 0 Å². The average Bonchev–Trinajstić information content (AvgIpc) is 2.54. The van der Waals surface area contributed by atoms with Gasteiger partial charge in [-0.3, -0.25) is 9.59 Å². The van der Waals surface area contributed by atoms with Crippen LogP contribution in [0.4, 0.5) is 0 Å². The van der Waals surface area contributed by atoms with Gasteiger partial charge in [-0.15, -0.1) is 0 Å². The van der Waals surface area contributed by atoms with E-state index < -0.39 is 8.32 Å². The zero-order valence-corrected chi connectivity index (χ0v) is 18.1. The van der Waals surface area contributed by atoms with Crippen molar-refractivity contribution in [2.45, 2.75) is 77.8 Å². The molecule has 0 unspecified atom stereocenters. The highest BCUT2D eigenvalue weighted by atomic mass is 28.4. The molecule has 0 aliphatic heterocycles. The molecule has 0 heterocycles. The molecule has 26 heavy (non-hydrogen) atoms. The second-order valence-corrected chi connectivity index (χ2v) is 13.1. The average molecular weight is 379 g/mol. The van der Waals surface area contributed by atoms with Crippen molar-refractivity contribution in [2.24, 2.45) is 0 Å². The summed E-state index contributed by atoms with van der Waals surface area (Å²) in [6.45, 7) is 13.5. The molecular formula is C21H34O4Si. The molecule has 0 aromatic heterocycles. The van der Waals surface area contributed by atoms with E-state index in [-0.39, 0.29) is 35.6 Å². The molecule has 0 aliphatic carbocycles. The van der Waals surface area contributed by atoms with E-state index in [2.05, 4.69) is 33.9 Å². The normalized spacial score (nSPS) is 13.5. The van der Waals surface area contributed by atoms with E-state index in [0.717, 1.165) is 5.56 Å². The molecule has 1 rings (SSSR count). The van der Waals surface area contributed by atoms with Gasteiger partial charge in [0.2, 0.25) is 0 Å². The summed E-state index contributed by atoms with van der Waals surface area (Å²) in [6, 6.07) is 9.93. The molecule has 4 nitrogen and oxygen atoms in total. The molecule has 0 spiro atoms. The van der Waals surface area contributed by atoms with Crippen LogP contribution in [0.3, 0.4) is 0 Å². The van der Waals surface area contributed by atoms with Crippen LogP contribution in [0.5, 0.6) is 0 Å². The first-order valence-electron chi connectivity index (χ1n) is 9.38. The molecule has 1 aromatic rings. The molecule has 0 aliphatic rings. The molecule has 0 radical (unpaired) electrons. The number of ketones is 2. The van der Waals surface area contributed by atoms with E-state index in [0.29, 0.717) is 19.6 Å². The number of hydrogen-bond acceptors (Lipinski definition) is 4.